The lowest BCUT2D eigenvalue weighted by Gasteiger charge is -2.23. The number of carbonyl (C=O) groups excluding carboxylic acids is 1. The number of amides is 1. The SMILES string of the molecule is CCc1ccc(N(CCCC(=O)NC2CCCCCCC2)S(C)(=O)=O)cc1. The van der Waals surface area contributed by atoms with Gasteiger partial charge in [0.05, 0.1) is 11.9 Å². The van der Waals surface area contributed by atoms with Gasteiger partial charge in [-0.15, -0.1) is 0 Å². The number of hydrogen-bond donors (Lipinski definition) is 1. The van der Waals surface area contributed by atoms with Crippen molar-refractivity contribution in [2.75, 3.05) is 17.1 Å². The number of nitrogens with one attached hydrogen (secondary N) is 1. The molecule has 152 valence electrons. The van der Waals surface area contributed by atoms with Gasteiger partial charge in [0, 0.05) is 19.0 Å². The van der Waals surface area contributed by atoms with Gasteiger partial charge in [-0.25, -0.2) is 8.42 Å². The summed E-state index contributed by atoms with van der Waals surface area (Å²) in [4.78, 5) is 12.3. The topological polar surface area (TPSA) is 66.5 Å². The van der Waals surface area contributed by atoms with Gasteiger partial charge in [0.15, 0.2) is 0 Å². The first-order chi connectivity index (χ1) is 12.9. The number of carbonyl (C=O) groups is 1. The van der Waals surface area contributed by atoms with Gasteiger partial charge in [-0.05, 0) is 43.4 Å². The molecule has 1 aromatic rings. The first-order valence-electron chi connectivity index (χ1n) is 10.3. The van der Waals surface area contributed by atoms with Crippen molar-refractivity contribution in [2.45, 2.75) is 77.2 Å². The van der Waals surface area contributed by atoms with E-state index in [0.29, 0.717) is 25.1 Å². The first kappa shape index (κ1) is 21.7. The summed E-state index contributed by atoms with van der Waals surface area (Å²) in [5, 5.41) is 3.15. The highest BCUT2D eigenvalue weighted by Crippen LogP contribution is 2.20. The summed E-state index contributed by atoms with van der Waals surface area (Å²) >= 11 is 0. The van der Waals surface area contributed by atoms with Crippen molar-refractivity contribution in [1.29, 1.82) is 0 Å². The molecule has 6 heteroatoms. The molecule has 1 aliphatic rings. The molecule has 0 aliphatic heterocycles. The number of benzene rings is 1. The highest BCUT2D eigenvalue weighted by molar-refractivity contribution is 7.92. The number of nitrogens with zero attached hydrogens (tertiary/aromatic N) is 1. The van der Waals surface area contributed by atoms with Crippen molar-refractivity contribution in [1.82, 2.24) is 5.32 Å². The van der Waals surface area contributed by atoms with E-state index in [2.05, 4.69) is 12.2 Å². The molecule has 0 atom stereocenters. The van der Waals surface area contributed by atoms with Crippen molar-refractivity contribution in [3.63, 3.8) is 0 Å². The summed E-state index contributed by atoms with van der Waals surface area (Å²) in [6.07, 6.45) is 11.3. The van der Waals surface area contributed by atoms with E-state index in [1.165, 1.54) is 48.2 Å². The van der Waals surface area contributed by atoms with Gasteiger partial charge in [0.25, 0.3) is 0 Å². The Morgan fingerprint density at radius 2 is 1.67 bits per heavy atom. The zero-order chi connectivity index (χ0) is 19.7. The normalized spacial score (nSPS) is 16.4. The Morgan fingerprint density at radius 1 is 1.07 bits per heavy atom. The Hall–Kier alpha value is -1.56. The van der Waals surface area contributed by atoms with Gasteiger partial charge in [-0.2, -0.15) is 0 Å². The van der Waals surface area contributed by atoms with Crippen molar-refractivity contribution < 1.29 is 13.2 Å². The molecule has 1 saturated carbocycles. The lowest BCUT2D eigenvalue weighted by atomic mass is 9.96. The average Bonchev–Trinajstić information content (AvgIpc) is 2.60. The van der Waals surface area contributed by atoms with E-state index in [-0.39, 0.29) is 11.9 Å². The summed E-state index contributed by atoms with van der Waals surface area (Å²) < 4.78 is 25.7. The van der Waals surface area contributed by atoms with Crippen LogP contribution in [-0.2, 0) is 21.2 Å². The lowest BCUT2D eigenvalue weighted by Crippen LogP contribution is -2.36. The summed E-state index contributed by atoms with van der Waals surface area (Å²) in [7, 11) is -3.37. The molecule has 1 aliphatic carbocycles. The van der Waals surface area contributed by atoms with Crippen molar-refractivity contribution in [3.05, 3.63) is 29.8 Å². The molecule has 27 heavy (non-hydrogen) atoms. The first-order valence-corrected chi connectivity index (χ1v) is 12.1. The second-order valence-electron chi connectivity index (χ2n) is 7.57. The van der Waals surface area contributed by atoms with Crippen LogP contribution in [0.4, 0.5) is 5.69 Å². The summed E-state index contributed by atoms with van der Waals surface area (Å²) in [5.74, 6) is 0.0374. The van der Waals surface area contributed by atoms with Crippen LogP contribution in [0.5, 0.6) is 0 Å². The number of anilines is 1. The van der Waals surface area contributed by atoms with E-state index in [9.17, 15) is 13.2 Å². The van der Waals surface area contributed by atoms with E-state index in [4.69, 9.17) is 0 Å². The van der Waals surface area contributed by atoms with Crippen LogP contribution in [0.1, 0.15) is 70.3 Å². The molecule has 1 amide bonds. The maximum Gasteiger partial charge on any atom is 0.232 e. The predicted molar refractivity (Wildman–Crippen MR) is 111 cm³/mol. The van der Waals surface area contributed by atoms with Crippen LogP contribution in [0.2, 0.25) is 0 Å². The predicted octanol–water partition coefficient (Wildman–Crippen LogP) is 4.02. The fourth-order valence-electron chi connectivity index (χ4n) is 3.67. The molecule has 1 N–H and O–H groups in total. The fourth-order valence-corrected chi connectivity index (χ4v) is 4.63. The third-order valence-electron chi connectivity index (χ3n) is 5.27. The molecule has 0 saturated heterocycles. The molecule has 1 aromatic carbocycles. The zero-order valence-electron chi connectivity index (χ0n) is 16.7. The summed E-state index contributed by atoms with van der Waals surface area (Å²) in [6.45, 7) is 2.39. The van der Waals surface area contributed by atoms with Crippen molar-refractivity contribution in [3.8, 4) is 0 Å². The van der Waals surface area contributed by atoms with Crippen LogP contribution in [0.25, 0.3) is 0 Å². The van der Waals surface area contributed by atoms with Crippen LogP contribution < -0.4 is 9.62 Å². The van der Waals surface area contributed by atoms with Crippen LogP contribution in [-0.4, -0.2) is 33.2 Å². The van der Waals surface area contributed by atoms with Crippen LogP contribution in [0, 0.1) is 0 Å². The number of sulfonamides is 1. The Kier molecular flexibility index (Phi) is 8.61. The number of aryl methyl sites for hydroxylation is 1. The van der Waals surface area contributed by atoms with Gasteiger partial charge in [-0.1, -0.05) is 51.2 Å². The van der Waals surface area contributed by atoms with Gasteiger partial charge in [0.2, 0.25) is 15.9 Å². The molecule has 0 unspecified atom stereocenters. The van der Waals surface area contributed by atoms with Crippen LogP contribution in [0.3, 0.4) is 0 Å². The zero-order valence-corrected chi connectivity index (χ0v) is 17.6. The molecule has 0 spiro atoms. The van der Waals surface area contributed by atoms with Crippen molar-refractivity contribution >= 4 is 21.6 Å². The molecular formula is C21H34N2O3S. The Labute approximate surface area is 164 Å². The molecule has 0 radical (unpaired) electrons. The fraction of sp³-hybridized carbons (Fsp3) is 0.667. The summed E-state index contributed by atoms with van der Waals surface area (Å²) in [6, 6.07) is 7.87. The Bertz CT molecular complexity index is 678. The average molecular weight is 395 g/mol. The second-order valence-corrected chi connectivity index (χ2v) is 9.48. The monoisotopic (exact) mass is 394 g/mol. The smallest absolute Gasteiger partial charge is 0.232 e. The van der Waals surface area contributed by atoms with E-state index in [1.54, 1.807) is 0 Å². The van der Waals surface area contributed by atoms with E-state index in [0.717, 1.165) is 19.3 Å². The second kappa shape index (κ2) is 10.7. The molecular weight excluding hydrogens is 360 g/mol. The number of rotatable bonds is 8. The minimum Gasteiger partial charge on any atom is -0.353 e. The highest BCUT2D eigenvalue weighted by atomic mass is 32.2. The molecule has 5 nitrogen and oxygen atoms in total. The van der Waals surface area contributed by atoms with E-state index >= 15 is 0 Å². The minimum atomic E-state index is -3.37. The third kappa shape index (κ3) is 7.53. The maximum atomic E-state index is 12.3. The van der Waals surface area contributed by atoms with E-state index in [1.807, 2.05) is 24.3 Å². The highest BCUT2D eigenvalue weighted by Gasteiger charge is 2.18. The molecule has 0 bridgehead atoms. The molecule has 1 fully saturated rings. The van der Waals surface area contributed by atoms with E-state index < -0.39 is 10.0 Å². The van der Waals surface area contributed by atoms with Gasteiger partial charge < -0.3 is 5.32 Å². The third-order valence-corrected chi connectivity index (χ3v) is 6.46. The molecule has 0 aromatic heterocycles. The quantitative estimate of drug-likeness (QED) is 0.724. The van der Waals surface area contributed by atoms with Gasteiger partial charge in [-0.3, -0.25) is 9.10 Å². The molecule has 0 heterocycles. The number of hydrogen-bond acceptors (Lipinski definition) is 3. The maximum absolute atomic E-state index is 12.3. The van der Waals surface area contributed by atoms with Crippen LogP contribution >= 0.6 is 0 Å². The standard InChI is InChI=1S/C21H34N2O3S/c1-3-18-13-15-20(16-14-18)23(27(2,25)26)17-9-12-21(24)22-19-10-7-5-4-6-8-11-19/h13-16,19H,3-12,17H2,1-2H3,(H,22,24). The Balaban J connectivity index is 1.86. The van der Waals surface area contributed by atoms with Gasteiger partial charge in [0.1, 0.15) is 0 Å². The van der Waals surface area contributed by atoms with Crippen molar-refractivity contribution in [2.24, 2.45) is 0 Å². The lowest BCUT2D eigenvalue weighted by molar-refractivity contribution is -0.122. The summed E-state index contributed by atoms with van der Waals surface area (Å²) in [5.41, 5.74) is 1.83. The van der Waals surface area contributed by atoms with Crippen LogP contribution in [0.15, 0.2) is 24.3 Å². The minimum absolute atomic E-state index is 0.0374. The Morgan fingerprint density at radius 3 is 2.22 bits per heavy atom. The van der Waals surface area contributed by atoms with Gasteiger partial charge >= 0.3 is 0 Å². The largest absolute Gasteiger partial charge is 0.353 e. The molecule has 2 rings (SSSR count).